The number of hydrogen-bond acceptors (Lipinski definition) is 4. The van der Waals surface area contributed by atoms with Crippen LogP contribution >= 0.6 is 47.8 Å². The Morgan fingerprint density at radius 2 is 1.27 bits per heavy atom. The highest BCUT2D eigenvalue weighted by atomic mass is 79.9. The van der Waals surface area contributed by atoms with Crippen molar-refractivity contribution in [2.75, 3.05) is 0 Å². The number of carbonyl (C=O) groups is 2. The van der Waals surface area contributed by atoms with Crippen LogP contribution in [-0.2, 0) is 19.7 Å². The summed E-state index contributed by atoms with van der Waals surface area (Å²) in [7, 11) is -4.74. The Hall–Kier alpha value is 0.170. The summed E-state index contributed by atoms with van der Waals surface area (Å²) < 4.78 is 29.6. The molecular weight excluding hydrogens is 424 g/mol. The van der Waals surface area contributed by atoms with Gasteiger partial charge in [-0.15, -0.1) is 0 Å². The minimum atomic E-state index is -4.74. The molecule has 0 aliphatic heterocycles. The van der Waals surface area contributed by atoms with Crippen LogP contribution in [0.5, 0.6) is 0 Å². The fourth-order valence-electron chi connectivity index (χ4n) is 0.829. The van der Waals surface area contributed by atoms with Crippen molar-refractivity contribution in [3.63, 3.8) is 0 Å². The standard InChI is InChI=1S/C6HBr3O5S/c7-1-2(8)5(11)6(15(12,13)14)3(9)4(1)10/h(H,12,13,14). The molecule has 0 saturated carbocycles. The molecule has 0 bridgehead atoms. The van der Waals surface area contributed by atoms with Gasteiger partial charge in [0, 0.05) is 0 Å². The van der Waals surface area contributed by atoms with E-state index >= 15 is 0 Å². The van der Waals surface area contributed by atoms with Crippen molar-refractivity contribution in [3.8, 4) is 0 Å². The van der Waals surface area contributed by atoms with Crippen LogP contribution in [0, 0.1) is 0 Å². The molecule has 0 aromatic carbocycles. The zero-order valence-corrected chi connectivity index (χ0v) is 12.2. The number of carbonyl (C=O) groups excluding carboxylic acids is 2. The molecule has 5 nitrogen and oxygen atoms in total. The molecule has 0 radical (unpaired) electrons. The van der Waals surface area contributed by atoms with Gasteiger partial charge >= 0.3 is 0 Å². The molecule has 0 unspecified atom stereocenters. The smallest absolute Gasteiger partial charge is 0.287 e. The van der Waals surface area contributed by atoms with Crippen LogP contribution in [0.2, 0.25) is 0 Å². The van der Waals surface area contributed by atoms with Crippen LogP contribution in [-0.4, -0.2) is 24.5 Å². The highest BCUT2D eigenvalue weighted by molar-refractivity contribution is 9.15. The normalized spacial score (nSPS) is 18.9. The minimum Gasteiger partial charge on any atom is -0.287 e. The molecule has 0 fully saturated rings. The van der Waals surface area contributed by atoms with E-state index in [-0.39, 0.29) is 8.96 Å². The second-order valence-corrected chi connectivity index (χ2v) is 6.14. The SMILES string of the molecule is O=C1C(Br)=C(Br)C(=O)C(S(=O)(=O)O)=C1Br. The number of hydrogen-bond donors (Lipinski definition) is 1. The van der Waals surface area contributed by atoms with Crippen molar-refractivity contribution in [1.82, 2.24) is 0 Å². The van der Waals surface area contributed by atoms with Gasteiger partial charge < -0.3 is 0 Å². The molecule has 0 aromatic heterocycles. The predicted octanol–water partition coefficient (Wildman–Crippen LogP) is 1.63. The van der Waals surface area contributed by atoms with Gasteiger partial charge in [0.2, 0.25) is 11.6 Å². The van der Waals surface area contributed by atoms with Crippen molar-refractivity contribution >= 4 is 69.5 Å². The molecule has 0 saturated heterocycles. The van der Waals surface area contributed by atoms with E-state index in [1.807, 2.05) is 0 Å². The lowest BCUT2D eigenvalue weighted by Gasteiger charge is -2.12. The summed E-state index contributed by atoms with van der Waals surface area (Å²) in [6, 6.07) is 0. The Morgan fingerprint density at radius 3 is 1.67 bits per heavy atom. The summed E-state index contributed by atoms with van der Waals surface area (Å²) in [4.78, 5) is 21.8. The zero-order chi connectivity index (χ0) is 12.0. The lowest BCUT2D eigenvalue weighted by atomic mass is 10.2. The molecule has 9 heteroatoms. The van der Waals surface area contributed by atoms with Crippen molar-refractivity contribution < 1.29 is 22.6 Å². The Morgan fingerprint density at radius 1 is 0.867 bits per heavy atom. The van der Waals surface area contributed by atoms with E-state index in [1.165, 1.54) is 0 Å². The number of halogens is 3. The Labute approximate surface area is 110 Å². The summed E-state index contributed by atoms with van der Waals surface area (Å²) in [6.07, 6.45) is 0. The van der Waals surface area contributed by atoms with Gasteiger partial charge in [0.05, 0.1) is 13.4 Å². The van der Waals surface area contributed by atoms with Crippen molar-refractivity contribution in [1.29, 1.82) is 0 Å². The lowest BCUT2D eigenvalue weighted by molar-refractivity contribution is -0.114. The van der Waals surface area contributed by atoms with Crippen molar-refractivity contribution in [3.05, 3.63) is 18.4 Å². The summed E-state index contributed by atoms with van der Waals surface area (Å²) in [5, 5.41) is 0. The average molecular weight is 425 g/mol. The van der Waals surface area contributed by atoms with E-state index in [0.717, 1.165) is 0 Å². The second-order valence-electron chi connectivity index (χ2n) is 2.40. The van der Waals surface area contributed by atoms with Crippen molar-refractivity contribution in [2.24, 2.45) is 0 Å². The molecule has 0 spiro atoms. The Kier molecular flexibility index (Phi) is 3.71. The first kappa shape index (κ1) is 13.2. The minimum absolute atomic E-state index is 0.105. The highest BCUT2D eigenvalue weighted by Crippen LogP contribution is 2.35. The van der Waals surface area contributed by atoms with E-state index in [2.05, 4.69) is 47.8 Å². The van der Waals surface area contributed by atoms with E-state index in [0.29, 0.717) is 0 Å². The van der Waals surface area contributed by atoms with Gasteiger partial charge in [-0.25, -0.2) is 0 Å². The monoisotopic (exact) mass is 422 g/mol. The van der Waals surface area contributed by atoms with E-state index in [4.69, 9.17) is 4.55 Å². The molecule has 0 heterocycles. The topological polar surface area (TPSA) is 88.5 Å². The van der Waals surface area contributed by atoms with Crippen LogP contribution in [0.3, 0.4) is 0 Å². The molecule has 0 amide bonds. The quantitative estimate of drug-likeness (QED) is 0.510. The van der Waals surface area contributed by atoms with Gasteiger partial charge in [0.25, 0.3) is 10.1 Å². The third-order valence-electron chi connectivity index (χ3n) is 1.45. The van der Waals surface area contributed by atoms with Crippen molar-refractivity contribution in [2.45, 2.75) is 0 Å². The summed E-state index contributed by atoms with van der Waals surface area (Å²) in [6.45, 7) is 0. The number of allylic oxidation sites excluding steroid dienone is 4. The Bertz CT molecular complexity index is 527. The highest BCUT2D eigenvalue weighted by Gasteiger charge is 2.37. The first-order chi connectivity index (χ1) is 6.68. The third-order valence-corrected chi connectivity index (χ3v) is 5.42. The van der Waals surface area contributed by atoms with Crippen LogP contribution in [0.15, 0.2) is 18.4 Å². The summed E-state index contributed by atoms with van der Waals surface area (Å²) in [5.74, 6) is -1.73. The molecule has 1 N–H and O–H groups in total. The van der Waals surface area contributed by atoms with E-state index in [9.17, 15) is 18.0 Å². The second kappa shape index (κ2) is 4.21. The van der Waals surface area contributed by atoms with Gasteiger partial charge in [-0.3, -0.25) is 14.1 Å². The van der Waals surface area contributed by atoms with Crippen LogP contribution in [0.1, 0.15) is 0 Å². The first-order valence-corrected chi connectivity index (χ1v) is 7.01. The molecule has 0 aromatic rings. The maximum atomic E-state index is 11.4. The molecular formula is C6HBr3O5S. The van der Waals surface area contributed by atoms with E-state index < -0.39 is 31.1 Å². The van der Waals surface area contributed by atoms with Gasteiger partial charge in [-0.2, -0.15) is 8.42 Å². The predicted molar refractivity (Wildman–Crippen MR) is 62.4 cm³/mol. The molecule has 82 valence electrons. The van der Waals surface area contributed by atoms with Gasteiger partial charge in [0.1, 0.15) is 0 Å². The average Bonchev–Trinajstić information content (AvgIpc) is 2.09. The largest absolute Gasteiger partial charge is 0.299 e. The maximum Gasteiger partial charge on any atom is 0.299 e. The summed E-state index contributed by atoms with van der Waals surface area (Å²) >= 11 is 8.22. The number of rotatable bonds is 1. The third kappa shape index (κ3) is 2.31. The molecule has 1 rings (SSSR count). The molecule has 15 heavy (non-hydrogen) atoms. The molecule has 0 atom stereocenters. The lowest BCUT2D eigenvalue weighted by Crippen LogP contribution is -2.22. The Balaban J connectivity index is 3.57. The number of ketones is 2. The van der Waals surface area contributed by atoms with Crippen LogP contribution < -0.4 is 0 Å². The van der Waals surface area contributed by atoms with Gasteiger partial charge in [0.15, 0.2) is 4.91 Å². The molecule has 1 aliphatic carbocycles. The fraction of sp³-hybridized carbons (Fsp3) is 0. The van der Waals surface area contributed by atoms with Gasteiger partial charge in [-0.1, -0.05) is 0 Å². The van der Waals surface area contributed by atoms with E-state index in [1.54, 1.807) is 0 Å². The maximum absolute atomic E-state index is 11.4. The number of Topliss-reactive ketones (excluding diaryl/α,β-unsaturated/α-hetero) is 2. The zero-order valence-electron chi connectivity index (χ0n) is 6.62. The van der Waals surface area contributed by atoms with Gasteiger partial charge in [-0.05, 0) is 47.8 Å². The van der Waals surface area contributed by atoms with Crippen LogP contribution in [0.4, 0.5) is 0 Å². The molecule has 1 aliphatic rings. The summed E-state index contributed by atoms with van der Waals surface area (Å²) in [5.41, 5.74) is 0. The fourth-order valence-corrected chi connectivity index (χ4v) is 3.63. The first-order valence-electron chi connectivity index (χ1n) is 3.20. The van der Waals surface area contributed by atoms with Crippen LogP contribution in [0.25, 0.3) is 0 Å².